The predicted molar refractivity (Wildman–Crippen MR) is 106 cm³/mol. The highest BCUT2D eigenvalue weighted by Crippen LogP contribution is 2.21. The molecule has 0 radical (unpaired) electrons. The van der Waals surface area contributed by atoms with Gasteiger partial charge in [-0.25, -0.2) is 0 Å². The van der Waals surface area contributed by atoms with Crippen LogP contribution in [0.2, 0.25) is 0 Å². The van der Waals surface area contributed by atoms with Crippen molar-refractivity contribution in [3.63, 3.8) is 0 Å². The molecule has 0 atom stereocenters. The van der Waals surface area contributed by atoms with E-state index in [0.29, 0.717) is 29.7 Å². The third-order valence-corrected chi connectivity index (χ3v) is 4.34. The lowest BCUT2D eigenvalue weighted by molar-refractivity contribution is -0.116. The van der Waals surface area contributed by atoms with Crippen molar-refractivity contribution in [2.75, 3.05) is 5.32 Å². The van der Waals surface area contributed by atoms with Crippen LogP contribution >= 0.6 is 0 Å². The average molecular weight is 378 g/mol. The standard InChI is InChI=1S/C21H22N4O3/c1-13(2)14-7-9-15(10-8-14)21-24-19(28-25-21)12-11-18(26)23-17-6-4-3-5-16(17)20(22)27/h3-10,13H,11-12H2,1-2H3,(H2,22,27)(H,23,26). The van der Waals surface area contributed by atoms with Crippen molar-refractivity contribution in [1.82, 2.24) is 10.1 Å². The number of rotatable bonds is 7. The topological polar surface area (TPSA) is 111 Å². The molecule has 1 heterocycles. The molecule has 28 heavy (non-hydrogen) atoms. The normalized spacial score (nSPS) is 10.8. The second-order valence-corrected chi connectivity index (χ2v) is 6.75. The van der Waals surface area contributed by atoms with E-state index < -0.39 is 5.91 Å². The summed E-state index contributed by atoms with van der Waals surface area (Å²) in [5.74, 6) is 0.454. The number of anilines is 1. The molecule has 1 aromatic heterocycles. The molecule has 2 amide bonds. The Kier molecular flexibility index (Phi) is 5.84. The lowest BCUT2D eigenvalue weighted by Gasteiger charge is -2.07. The van der Waals surface area contributed by atoms with Crippen molar-refractivity contribution in [2.24, 2.45) is 5.73 Å². The zero-order valence-corrected chi connectivity index (χ0v) is 15.8. The van der Waals surface area contributed by atoms with Crippen LogP contribution in [0.25, 0.3) is 11.4 Å². The van der Waals surface area contributed by atoms with E-state index in [1.54, 1.807) is 24.3 Å². The second kappa shape index (κ2) is 8.47. The zero-order chi connectivity index (χ0) is 20.1. The van der Waals surface area contributed by atoms with Gasteiger partial charge < -0.3 is 15.6 Å². The van der Waals surface area contributed by atoms with Crippen molar-refractivity contribution < 1.29 is 14.1 Å². The van der Waals surface area contributed by atoms with Gasteiger partial charge in [0.1, 0.15) is 0 Å². The number of amides is 2. The first-order chi connectivity index (χ1) is 13.4. The van der Waals surface area contributed by atoms with Crippen molar-refractivity contribution in [2.45, 2.75) is 32.6 Å². The number of carbonyl (C=O) groups excluding carboxylic acids is 2. The first-order valence-corrected chi connectivity index (χ1v) is 9.05. The van der Waals surface area contributed by atoms with Crippen molar-refractivity contribution in [3.05, 3.63) is 65.5 Å². The molecule has 0 saturated heterocycles. The first kappa shape index (κ1) is 19.3. The number of nitrogens with two attached hydrogens (primary N) is 1. The molecule has 7 nitrogen and oxygen atoms in total. The number of primary amides is 1. The lowest BCUT2D eigenvalue weighted by Crippen LogP contribution is -2.18. The minimum absolute atomic E-state index is 0.140. The van der Waals surface area contributed by atoms with Gasteiger partial charge >= 0.3 is 0 Å². The Morgan fingerprint density at radius 1 is 1.11 bits per heavy atom. The SMILES string of the molecule is CC(C)c1ccc(-c2noc(CCC(=O)Nc3ccccc3C(N)=O)n2)cc1. The van der Waals surface area contributed by atoms with Crippen LogP contribution in [0.4, 0.5) is 5.69 Å². The zero-order valence-electron chi connectivity index (χ0n) is 15.8. The number of nitrogens with zero attached hydrogens (tertiary/aromatic N) is 2. The highest BCUT2D eigenvalue weighted by molar-refractivity contribution is 6.02. The van der Waals surface area contributed by atoms with Gasteiger partial charge in [-0.2, -0.15) is 4.98 Å². The third-order valence-electron chi connectivity index (χ3n) is 4.34. The van der Waals surface area contributed by atoms with E-state index in [2.05, 4.69) is 29.3 Å². The summed E-state index contributed by atoms with van der Waals surface area (Å²) in [5, 5.41) is 6.67. The van der Waals surface area contributed by atoms with E-state index in [1.807, 2.05) is 24.3 Å². The summed E-state index contributed by atoms with van der Waals surface area (Å²) in [4.78, 5) is 27.9. The third kappa shape index (κ3) is 4.62. The number of nitrogens with one attached hydrogen (secondary N) is 1. The molecule has 0 aliphatic heterocycles. The summed E-state index contributed by atoms with van der Waals surface area (Å²) >= 11 is 0. The van der Waals surface area contributed by atoms with Crippen LogP contribution in [-0.2, 0) is 11.2 Å². The fraction of sp³-hybridized carbons (Fsp3) is 0.238. The molecule has 0 aliphatic carbocycles. The maximum absolute atomic E-state index is 12.2. The molecule has 3 aromatic rings. The number of aryl methyl sites for hydroxylation is 1. The first-order valence-electron chi connectivity index (χ1n) is 9.05. The number of aromatic nitrogens is 2. The molecule has 0 saturated carbocycles. The van der Waals surface area contributed by atoms with Crippen LogP contribution in [0.1, 0.15) is 48.0 Å². The van der Waals surface area contributed by atoms with E-state index in [1.165, 1.54) is 5.56 Å². The number of benzene rings is 2. The van der Waals surface area contributed by atoms with Crippen LogP contribution < -0.4 is 11.1 Å². The molecule has 0 bridgehead atoms. The van der Waals surface area contributed by atoms with E-state index in [9.17, 15) is 9.59 Å². The molecule has 144 valence electrons. The molecular weight excluding hydrogens is 356 g/mol. The Hall–Kier alpha value is -3.48. The van der Waals surface area contributed by atoms with Crippen molar-refractivity contribution >= 4 is 17.5 Å². The molecule has 3 rings (SSSR count). The molecule has 0 unspecified atom stereocenters. The van der Waals surface area contributed by atoms with Crippen LogP contribution in [-0.4, -0.2) is 22.0 Å². The molecule has 0 fully saturated rings. The van der Waals surface area contributed by atoms with Gasteiger partial charge in [0.25, 0.3) is 5.91 Å². The Morgan fingerprint density at radius 3 is 2.50 bits per heavy atom. The van der Waals surface area contributed by atoms with Gasteiger partial charge in [-0.15, -0.1) is 0 Å². The molecule has 0 spiro atoms. The van der Waals surface area contributed by atoms with Gasteiger partial charge in [-0.1, -0.05) is 55.4 Å². The van der Waals surface area contributed by atoms with Crippen LogP contribution in [0.5, 0.6) is 0 Å². The molecular formula is C21H22N4O3. The molecule has 2 aromatic carbocycles. The van der Waals surface area contributed by atoms with Crippen LogP contribution in [0, 0.1) is 0 Å². The summed E-state index contributed by atoms with van der Waals surface area (Å²) in [6.45, 7) is 4.27. The highest BCUT2D eigenvalue weighted by atomic mass is 16.5. The maximum Gasteiger partial charge on any atom is 0.250 e. The molecule has 3 N–H and O–H groups in total. The summed E-state index contributed by atoms with van der Waals surface area (Å²) in [5.41, 5.74) is 8.06. The monoisotopic (exact) mass is 378 g/mol. The smallest absolute Gasteiger partial charge is 0.250 e. The Bertz CT molecular complexity index is 977. The number of hydrogen-bond donors (Lipinski definition) is 2. The lowest BCUT2D eigenvalue weighted by atomic mass is 10.0. The summed E-state index contributed by atoms with van der Waals surface area (Å²) < 4.78 is 5.24. The van der Waals surface area contributed by atoms with E-state index in [0.717, 1.165) is 5.56 Å². The largest absolute Gasteiger partial charge is 0.366 e. The average Bonchev–Trinajstić information content (AvgIpc) is 3.16. The number of hydrogen-bond acceptors (Lipinski definition) is 5. The maximum atomic E-state index is 12.2. The minimum Gasteiger partial charge on any atom is -0.366 e. The van der Waals surface area contributed by atoms with Gasteiger partial charge in [0.15, 0.2) is 0 Å². The van der Waals surface area contributed by atoms with Gasteiger partial charge in [0.2, 0.25) is 17.6 Å². The fourth-order valence-corrected chi connectivity index (χ4v) is 2.73. The second-order valence-electron chi connectivity index (χ2n) is 6.75. The Morgan fingerprint density at radius 2 is 1.82 bits per heavy atom. The fourth-order valence-electron chi connectivity index (χ4n) is 2.73. The molecule has 0 aliphatic rings. The summed E-state index contributed by atoms with van der Waals surface area (Å²) in [6.07, 6.45) is 0.433. The van der Waals surface area contributed by atoms with E-state index in [-0.39, 0.29) is 17.9 Å². The quantitative estimate of drug-likeness (QED) is 0.653. The number of para-hydroxylation sites is 1. The summed E-state index contributed by atoms with van der Waals surface area (Å²) in [7, 11) is 0. The summed E-state index contributed by atoms with van der Waals surface area (Å²) in [6, 6.07) is 14.6. The minimum atomic E-state index is -0.596. The highest BCUT2D eigenvalue weighted by Gasteiger charge is 2.13. The molecule has 7 heteroatoms. The predicted octanol–water partition coefficient (Wildman–Crippen LogP) is 3.53. The van der Waals surface area contributed by atoms with Crippen LogP contribution in [0.15, 0.2) is 53.1 Å². The van der Waals surface area contributed by atoms with Gasteiger partial charge in [0, 0.05) is 18.4 Å². The van der Waals surface area contributed by atoms with E-state index in [4.69, 9.17) is 10.3 Å². The van der Waals surface area contributed by atoms with Crippen molar-refractivity contribution in [1.29, 1.82) is 0 Å². The Balaban J connectivity index is 1.60. The van der Waals surface area contributed by atoms with Gasteiger partial charge in [0.05, 0.1) is 11.3 Å². The number of carbonyl (C=O) groups is 2. The van der Waals surface area contributed by atoms with Gasteiger partial charge in [-0.05, 0) is 23.6 Å². The van der Waals surface area contributed by atoms with Crippen molar-refractivity contribution in [3.8, 4) is 11.4 Å². The van der Waals surface area contributed by atoms with Gasteiger partial charge in [-0.3, -0.25) is 9.59 Å². The van der Waals surface area contributed by atoms with Crippen LogP contribution in [0.3, 0.4) is 0 Å². The Labute approximate surface area is 162 Å². The van der Waals surface area contributed by atoms with E-state index >= 15 is 0 Å².